The third-order valence-corrected chi connectivity index (χ3v) is 3.84. The van der Waals surface area contributed by atoms with Crippen LogP contribution in [-0.2, 0) is 10.3 Å². The Bertz CT molecular complexity index is 615. The highest BCUT2D eigenvalue weighted by Gasteiger charge is 2.35. The van der Waals surface area contributed by atoms with Crippen molar-refractivity contribution in [2.75, 3.05) is 6.61 Å². The van der Waals surface area contributed by atoms with Gasteiger partial charge in [0.05, 0.1) is 5.56 Å². The summed E-state index contributed by atoms with van der Waals surface area (Å²) in [4.78, 5) is 4.42. The van der Waals surface area contributed by atoms with Gasteiger partial charge >= 0.3 is 0 Å². The molecule has 1 N–H and O–H groups in total. The molecule has 0 radical (unpaired) electrons. The smallest absolute Gasteiger partial charge is 0.261 e. The van der Waals surface area contributed by atoms with E-state index in [1.165, 1.54) is 0 Å². The SMILES string of the molecule is Cc1cccc(-c2nc(C3(C)CCCCO3)no2)c1O. The second kappa shape index (κ2) is 4.90. The Morgan fingerprint density at radius 2 is 2.15 bits per heavy atom. The van der Waals surface area contributed by atoms with E-state index in [4.69, 9.17) is 9.26 Å². The number of phenolic OH excluding ortho intramolecular Hbond substituents is 1. The van der Waals surface area contributed by atoms with Gasteiger partial charge in [-0.3, -0.25) is 0 Å². The first-order valence-corrected chi connectivity index (χ1v) is 6.87. The summed E-state index contributed by atoms with van der Waals surface area (Å²) >= 11 is 0. The molecule has 0 bridgehead atoms. The van der Waals surface area contributed by atoms with Gasteiger partial charge in [0, 0.05) is 6.61 Å². The van der Waals surface area contributed by atoms with Crippen LogP contribution >= 0.6 is 0 Å². The van der Waals surface area contributed by atoms with Crippen LogP contribution in [0, 0.1) is 6.92 Å². The third-order valence-electron chi connectivity index (χ3n) is 3.84. The number of benzene rings is 1. The van der Waals surface area contributed by atoms with Crippen LogP contribution in [0.5, 0.6) is 5.75 Å². The maximum absolute atomic E-state index is 10.1. The van der Waals surface area contributed by atoms with Gasteiger partial charge in [-0.15, -0.1) is 0 Å². The molecule has 20 heavy (non-hydrogen) atoms. The molecule has 1 unspecified atom stereocenters. The van der Waals surface area contributed by atoms with Crippen molar-refractivity contribution in [3.63, 3.8) is 0 Å². The number of hydrogen-bond acceptors (Lipinski definition) is 5. The minimum absolute atomic E-state index is 0.178. The number of ether oxygens (including phenoxy) is 1. The number of aryl methyl sites for hydroxylation is 1. The molecule has 2 heterocycles. The average molecular weight is 274 g/mol. The molecular weight excluding hydrogens is 256 g/mol. The van der Waals surface area contributed by atoms with Crippen molar-refractivity contribution >= 4 is 0 Å². The molecule has 0 aliphatic carbocycles. The van der Waals surface area contributed by atoms with Gasteiger partial charge in [-0.25, -0.2) is 0 Å². The number of aromatic nitrogens is 2. The molecule has 1 aromatic heterocycles. The van der Waals surface area contributed by atoms with Crippen molar-refractivity contribution in [3.8, 4) is 17.2 Å². The van der Waals surface area contributed by atoms with Crippen LogP contribution in [-0.4, -0.2) is 21.9 Å². The van der Waals surface area contributed by atoms with E-state index in [1.807, 2.05) is 26.0 Å². The van der Waals surface area contributed by atoms with Gasteiger partial charge in [0.2, 0.25) is 5.82 Å². The fourth-order valence-corrected chi connectivity index (χ4v) is 2.49. The van der Waals surface area contributed by atoms with Crippen molar-refractivity contribution in [2.45, 2.75) is 38.7 Å². The zero-order chi connectivity index (χ0) is 14.2. The van der Waals surface area contributed by atoms with Crippen LogP contribution in [0.25, 0.3) is 11.5 Å². The summed E-state index contributed by atoms with van der Waals surface area (Å²) in [5, 5.41) is 14.1. The molecule has 1 fully saturated rings. The van der Waals surface area contributed by atoms with Gasteiger partial charge in [0.1, 0.15) is 11.4 Å². The Hall–Kier alpha value is -1.88. The van der Waals surface area contributed by atoms with Crippen molar-refractivity contribution in [2.24, 2.45) is 0 Å². The van der Waals surface area contributed by atoms with Gasteiger partial charge in [-0.2, -0.15) is 4.98 Å². The van der Waals surface area contributed by atoms with E-state index < -0.39 is 5.60 Å². The highest BCUT2D eigenvalue weighted by molar-refractivity contribution is 5.64. The van der Waals surface area contributed by atoms with Gasteiger partial charge in [0.15, 0.2) is 0 Å². The molecular formula is C15H18N2O3. The van der Waals surface area contributed by atoms with Crippen molar-refractivity contribution in [3.05, 3.63) is 29.6 Å². The summed E-state index contributed by atoms with van der Waals surface area (Å²) in [5.74, 6) is 1.06. The Labute approximate surface area is 117 Å². The number of aromatic hydroxyl groups is 1. The normalized spacial score (nSPS) is 22.9. The molecule has 2 aromatic rings. The van der Waals surface area contributed by atoms with Crippen molar-refractivity contribution < 1.29 is 14.4 Å². The number of nitrogens with zero attached hydrogens (tertiary/aromatic N) is 2. The Morgan fingerprint density at radius 3 is 2.90 bits per heavy atom. The Kier molecular flexibility index (Phi) is 3.22. The van der Waals surface area contributed by atoms with Gasteiger partial charge in [-0.1, -0.05) is 17.3 Å². The fraction of sp³-hybridized carbons (Fsp3) is 0.467. The number of phenols is 1. The Morgan fingerprint density at radius 1 is 1.30 bits per heavy atom. The van der Waals surface area contributed by atoms with Crippen LogP contribution in [0.2, 0.25) is 0 Å². The van der Waals surface area contributed by atoms with Gasteiger partial charge in [-0.05, 0) is 44.7 Å². The summed E-state index contributed by atoms with van der Waals surface area (Å²) in [5.41, 5.74) is 0.852. The lowest BCUT2D eigenvalue weighted by Gasteiger charge is -2.30. The molecule has 1 aromatic carbocycles. The summed E-state index contributed by atoms with van der Waals surface area (Å²) in [6.07, 6.45) is 3.04. The average Bonchev–Trinajstić information content (AvgIpc) is 2.93. The first kappa shape index (κ1) is 13.1. The van der Waals surface area contributed by atoms with Crippen LogP contribution < -0.4 is 0 Å². The zero-order valence-electron chi connectivity index (χ0n) is 11.7. The first-order valence-electron chi connectivity index (χ1n) is 6.87. The van der Waals surface area contributed by atoms with E-state index in [0.29, 0.717) is 17.3 Å². The molecule has 1 saturated heterocycles. The van der Waals surface area contributed by atoms with Crippen LogP contribution in [0.1, 0.15) is 37.6 Å². The van der Waals surface area contributed by atoms with E-state index in [-0.39, 0.29) is 5.75 Å². The predicted molar refractivity (Wildman–Crippen MR) is 73.3 cm³/mol. The number of para-hydroxylation sites is 1. The maximum atomic E-state index is 10.1. The second-order valence-electron chi connectivity index (χ2n) is 5.43. The van der Waals surface area contributed by atoms with E-state index in [1.54, 1.807) is 6.07 Å². The topological polar surface area (TPSA) is 68.4 Å². The standard InChI is InChI=1S/C15H18N2O3/c1-10-6-5-7-11(12(10)18)13-16-14(17-20-13)15(2)8-3-4-9-19-15/h5-7,18H,3-4,8-9H2,1-2H3. The quantitative estimate of drug-likeness (QED) is 0.911. The predicted octanol–water partition coefficient (Wildman–Crippen LogP) is 3.17. The zero-order valence-corrected chi connectivity index (χ0v) is 11.7. The molecule has 0 saturated carbocycles. The van der Waals surface area contributed by atoms with E-state index >= 15 is 0 Å². The van der Waals surface area contributed by atoms with E-state index in [9.17, 15) is 5.11 Å². The minimum atomic E-state index is -0.487. The molecule has 1 atom stereocenters. The summed E-state index contributed by atoms with van der Waals surface area (Å²) in [6.45, 7) is 4.54. The molecule has 0 amide bonds. The monoisotopic (exact) mass is 274 g/mol. The third kappa shape index (κ3) is 2.18. The van der Waals surface area contributed by atoms with Crippen molar-refractivity contribution in [1.82, 2.24) is 10.1 Å². The molecule has 3 rings (SSSR count). The van der Waals surface area contributed by atoms with Gasteiger partial charge in [0.25, 0.3) is 5.89 Å². The fourth-order valence-electron chi connectivity index (χ4n) is 2.49. The molecule has 1 aliphatic rings. The Balaban J connectivity index is 1.96. The molecule has 5 heteroatoms. The largest absolute Gasteiger partial charge is 0.507 e. The molecule has 5 nitrogen and oxygen atoms in total. The van der Waals surface area contributed by atoms with Gasteiger partial charge < -0.3 is 14.4 Å². The summed E-state index contributed by atoms with van der Waals surface area (Å²) in [6, 6.07) is 5.46. The van der Waals surface area contributed by atoms with E-state index in [2.05, 4.69) is 10.1 Å². The molecule has 106 valence electrons. The minimum Gasteiger partial charge on any atom is -0.507 e. The lowest BCUT2D eigenvalue weighted by atomic mass is 9.95. The number of rotatable bonds is 2. The number of hydrogen-bond donors (Lipinski definition) is 1. The van der Waals surface area contributed by atoms with Crippen LogP contribution in [0.3, 0.4) is 0 Å². The van der Waals surface area contributed by atoms with Crippen LogP contribution in [0.4, 0.5) is 0 Å². The second-order valence-corrected chi connectivity index (χ2v) is 5.43. The first-order chi connectivity index (χ1) is 9.60. The highest BCUT2D eigenvalue weighted by atomic mass is 16.5. The molecule has 1 aliphatic heterocycles. The maximum Gasteiger partial charge on any atom is 0.261 e. The highest BCUT2D eigenvalue weighted by Crippen LogP contribution is 2.36. The lowest BCUT2D eigenvalue weighted by molar-refractivity contribution is -0.0770. The summed E-state index contributed by atoms with van der Waals surface area (Å²) in [7, 11) is 0. The van der Waals surface area contributed by atoms with Crippen molar-refractivity contribution in [1.29, 1.82) is 0 Å². The summed E-state index contributed by atoms with van der Waals surface area (Å²) < 4.78 is 11.1. The van der Waals surface area contributed by atoms with E-state index in [0.717, 1.165) is 31.4 Å². The molecule has 0 spiro atoms. The lowest BCUT2D eigenvalue weighted by Crippen LogP contribution is -2.31. The van der Waals surface area contributed by atoms with Crippen LogP contribution in [0.15, 0.2) is 22.7 Å².